The molecule has 0 fully saturated rings. The number of anilines is 2. The molecule has 0 bridgehead atoms. The van der Waals surface area contributed by atoms with Gasteiger partial charge in [0.2, 0.25) is 0 Å². The Morgan fingerprint density at radius 1 is 0.917 bits per heavy atom. The molecule has 7 heteroatoms. The first-order chi connectivity index (χ1) is 11.6. The number of rotatable bonds is 4. The van der Waals surface area contributed by atoms with Crippen LogP contribution in [0.25, 0.3) is 0 Å². The lowest BCUT2D eigenvalue weighted by Gasteiger charge is -2.07. The third-order valence-corrected chi connectivity index (χ3v) is 3.92. The normalized spacial score (nSPS) is 10.2. The fourth-order valence-electron chi connectivity index (χ4n) is 1.96. The molecule has 0 spiro atoms. The topological polar surface area (TPSA) is 84.0 Å². The average molecular weight is 338 g/mol. The minimum absolute atomic E-state index is 0.245. The average Bonchev–Trinajstić information content (AvgIpc) is 3.09. The van der Waals surface area contributed by atoms with E-state index in [4.69, 9.17) is 0 Å². The van der Waals surface area contributed by atoms with Crippen molar-refractivity contribution >= 4 is 34.0 Å². The molecule has 0 atom stereocenters. The Morgan fingerprint density at radius 3 is 2.25 bits per heavy atom. The summed E-state index contributed by atoms with van der Waals surface area (Å²) in [5, 5.41) is 7.80. The summed E-state index contributed by atoms with van der Waals surface area (Å²) < 4.78 is 0. The standard InChI is InChI=1S/C17H14N4O2S/c1-11-2-3-13(10-19-11)16(23)20-14-6-4-12(5-7-14)15(22)21-17-18-8-9-24-17/h2-10H,1H3,(H,20,23)(H,18,21,22). The summed E-state index contributed by atoms with van der Waals surface area (Å²) >= 11 is 1.35. The maximum atomic E-state index is 12.1. The van der Waals surface area contributed by atoms with Crippen LogP contribution in [-0.4, -0.2) is 21.8 Å². The number of nitrogens with zero attached hydrogens (tertiary/aromatic N) is 2. The van der Waals surface area contributed by atoms with Crippen LogP contribution in [0.4, 0.5) is 10.8 Å². The van der Waals surface area contributed by atoms with Crippen molar-refractivity contribution in [2.24, 2.45) is 0 Å². The number of carbonyl (C=O) groups excluding carboxylic acids is 2. The quantitative estimate of drug-likeness (QED) is 0.764. The first-order valence-corrected chi connectivity index (χ1v) is 8.05. The van der Waals surface area contributed by atoms with Crippen molar-refractivity contribution in [3.63, 3.8) is 0 Å². The number of thiazole rings is 1. The van der Waals surface area contributed by atoms with Crippen LogP contribution in [0, 0.1) is 6.92 Å². The van der Waals surface area contributed by atoms with E-state index < -0.39 is 0 Å². The van der Waals surface area contributed by atoms with Crippen LogP contribution in [0.15, 0.2) is 54.2 Å². The van der Waals surface area contributed by atoms with Gasteiger partial charge in [-0.05, 0) is 43.3 Å². The number of carbonyl (C=O) groups is 2. The molecular formula is C17H14N4O2S. The minimum atomic E-state index is -0.248. The molecule has 3 rings (SSSR count). The van der Waals surface area contributed by atoms with Crippen LogP contribution in [-0.2, 0) is 0 Å². The number of hydrogen-bond acceptors (Lipinski definition) is 5. The van der Waals surface area contributed by atoms with Gasteiger partial charge in [0.15, 0.2) is 5.13 Å². The highest BCUT2D eigenvalue weighted by Gasteiger charge is 2.09. The number of pyridine rings is 1. The molecule has 6 nitrogen and oxygen atoms in total. The fraction of sp³-hybridized carbons (Fsp3) is 0.0588. The lowest BCUT2D eigenvalue weighted by molar-refractivity contribution is 0.101. The second-order valence-electron chi connectivity index (χ2n) is 5.01. The van der Waals surface area contributed by atoms with Gasteiger partial charge in [-0.1, -0.05) is 0 Å². The summed E-state index contributed by atoms with van der Waals surface area (Å²) in [4.78, 5) is 32.3. The monoisotopic (exact) mass is 338 g/mol. The van der Waals surface area contributed by atoms with E-state index >= 15 is 0 Å². The minimum Gasteiger partial charge on any atom is -0.322 e. The predicted molar refractivity (Wildman–Crippen MR) is 93.4 cm³/mol. The first-order valence-electron chi connectivity index (χ1n) is 7.17. The van der Waals surface area contributed by atoms with Crippen LogP contribution in [0.5, 0.6) is 0 Å². The molecule has 0 aliphatic carbocycles. The lowest BCUT2D eigenvalue weighted by Crippen LogP contribution is -2.13. The van der Waals surface area contributed by atoms with E-state index in [-0.39, 0.29) is 11.8 Å². The Balaban J connectivity index is 1.64. The highest BCUT2D eigenvalue weighted by molar-refractivity contribution is 7.13. The highest BCUT2D eigenvalue weighted by Crippen LogP contribution is 2.15. The third-order valence-electron chi connectivity index (χ3n) is 3.23. The van der Waals surface area contributed by atoms with Gasteiger partial charge in [-0.25, -0.2) is 4.98 Å². The van der Waals surface area contributed by atoms with Crippen molar-refractivity contribution in [3.8, 4) is 0 Å². The highest BCUT2D eigenvalue weighted by atomic mass is 32.1. The van der Waals surface area contributed by atoms with Crippen LogP contribution in [0.2, 0.25) is 0 Å². The van der Waals surface area contributed by atoms with Gasteiger partial charge in [0.05, 0.1) is 5.56 Å². The van der Waals surface area contributed by atoms with Crippen LogP contribution < -0.4 is 10.6 Å². The maximum absolute atomic E-state index is 12.1. The van der Waals surface area contributed by atoms with Crippen molar-refractivity contribution in [1.82, 2.24) is 9.97 Å². The van der Waals surface area contributed by atoms with Gasteiger partial charge in [0, 0.05) is 34.7 Å². The number of aromatic nitrogens is 2. The molecule has 0 saturated heterocycles. The zero-order valence-electron chi connectivity index (χ0n) is 12.8. The van der Waals surface area contributed by atoms with Crippen LogP contribution >= 0.6 is 11.3 Å². The van der Waals surface area contributed by atoms with Gasteiger partial charge in [-0.2, -0.15) is 0 Å². The van der Waals surface area contributed by atoms with E-state index in [1.165, 1.54) is 17.5 Å². The van der Waals surface area contributed by atoms with E-state index in [2.05, 4.69) is 20.6 Å². The molecule has 0 unspecified atom stereocenters. The van der Waals surface area contributed by atoms with Crippen LogP contribution in [0.1, 0.15) is 26.4 Å². The second kappa shape index (κ2) is 7.01. The molecule has 2 heterocycles. The van der Waals surface area contributed by atoms with Gasteiger partial charge in [-0.3, -0.25) is 19.9 Å². The van der Waals surface area contributed by atoms with E-state index in [9.17, 15) is 9.59 Å². The fourth-order valence-corrected chi connectivity index (χ4v) is 2.49. The van der Waals surface area contributed by atoms with Gasteiger partial charge >= 0.3 is 0 Å². The van der Waals surface area contributed by atoms with E-state index in [0.29, 0.717) is 21.9 Å². The second-order valence-corrected chi connectivity index (χ2v) is 5.91. The van der Waals surface area contributed by atoms with Gasteiger partial charge in [0.1, 0.15) is 0 Å². The molecule has 2 aromatic heterocycles. The SMILES string of the molecule is Cc1ccc(C(=O)Nc2ccc(C(=O)Nc3nccs3)cc2)cn1. The number of hydrogen-bond donors (Lipinski definition) is 2. The van der Waals surface area contributed by atoms with Gasteiger partial charge in [0.25, 0.3) is 11.8 Å². The van der Waals surface area contributed by atoms with Crippen molar-refractivity contribution in [1.29, 1.82) is 0 Å². The van der Waals surface area contributed by atoms with Crippen LogP contribution in [0.3, 0.4) is 0 Å². The summed E-state index contributed by atoms with van der Waals surface area (Å²) in [6.45, 7) is 1.86. The summed E-state index contributed by atoms with van der Waals surface area (Å²) in [5.74, 6) is -0.493. The number of aryl methyl sites for hydroxylation is 1. The summed E-state index contributed by atoms with van der Waals surface area (Å²) in [5.41, 5.74) is 2.42. The molecule has 0 aliphatic heterocycles. The van der Waals surface area contributed by atoms with Gasteiger partial charge in [-0.15, -0.1) is 11.3 Å². The molecule has 0 aliphatic rings. The summed E-state index contributed by atoms with van der Waals surface area (Å²) in [7, 11) is 0. The third kappa shape index (κ3) is 3.82. The Kier molecular flexibility index (Phi) is 4.62. The van der Waals surface area contributed by atoms with Gasteiger partial charge < -0.3 is 5.32 Å². The Bertz CT molecular complexity index is 843. The molecule has 24 heavy (non-hydrogen) atoms. The molecular weight excluding hydrogens is 324 g/mol. The molecule has 2 N–H and O–H groups in total. The zero-order chi connectivity index (χ0) is 16.9. The molecule has 2 amide bonds. The molecule has 0 saturated carbocycles. The Hall–Kier alpha value is -3.06. The van der Waals surface area contributed by atoms with Crippen molar-refractivity contribution in [2.45, 2.75) is 6.92 Å². The zero-order valence-corrected chi connectivity index (χ0v) is 13.6. The van der Waals surface area contributed by atoms with Crippen molar-refractivity contribution < 1.29 is 9.59 Å². The Labute approximate surface area is 142 Å². The smallest absolute Gasteiger partial charge is 0.257 e. The van der Waals surface area contributed by atoms with E-state index in [1.807, 2.05) is 6.92 Å². The largest absolute Gasteiger partial charge is 0.322 e. The molecule has 3 aromatic rings. The van der Waals surface area contributed by atoms with Crippen molar-refractivity contribution in [2.75, 3.05) is 10.6 Å². The first kappa shape index (κ1) is 15.8. The Morgan fingerprint density at radius 2 is 1.62 bits per heavy atom. The maximum Gasteiger partial charge on any atom is 0.257 e. The molecule has 120 valence electrons. The van der Waals surface area contributed by atoms with E-state index in [0.717, 1.165) is 5.69 Å². The number of benzene rings is 1. The van der Waals surface area contributed by atoms with E-state index in [1.54, 1.807) is 48.0 Å². The predicted octanol–water partition coefficient (Wildman–Crippen LogP) is 3.35. The summed E-state index contributed by atoms with van der Waals surface area (Å²) in [6.07, 6.45) is 3.15. The molecule has 1 aromatic carbocycles. The van der Waals surface area contributed by atoms with Crippen molar-refractivity contribution in [3.05, 3.63) is 71.0 Å². The lowest BCUT2D eigenvalue weighted by atomic mass is 10.2. The number of amides is 2. The summed E-state index contributed by atoms with van der Waals surface area (Å²) in [6, 6.07) is 10.1. The molecule has 0 radical (unpaired) electrons. The number of nitrogens with one attached hydrogen (secondary N) is 2.